The molecule has 2 aliphatic carbocycles. The second kappa shape index (κ2) is 2.53. The normalized spacial score (nSPS) is 60.0. The van der Waals surface area contributed by atoms with E-state index < -0.39 is 0 Å². The van der Waals surface area contributed by atoms with Gasteiger partial charge in [0.05, 0.1) is 6.10 Å². The van der Waals surface area contributed by atoms with Gasteiger partial charge in [0, 0.05) is 6.42 Å². The molecule has 1 spiro atoms. The summed E-state index contributed by atoms with van der Waals surface area (Å²) < 4.78 is 12.0. The molecular weight excluding hydrogens is 176 g/mol. The summed E-state index contributed by atoms with van der Waals surface area (Å²) in [6, 6.07) is 0. The van der Waals surface area contributed by atoms with Crippen molar-refractivity contribution >= 4 is 0 Å². The molecule has 2 saturated carbocycles. The van der Waals surface area contributed by atoms with Gasteiger partial charge in [-0.1, -0.05) is 6.42 Å². The second-order valence-corrected chi connectivity index (χ2v) is 5.62. The van der Waals surface area contributed by atoms with Gasteiger partial charge < -0.3 is 9.47 Å². The lowest BCUT2D eigenvalue weighted by Gasteiger charge is -2.41. The lowest BCUT2D eigenvalue weighted by molar-refractivity contribution is -0.136. The molecule has 5 unspecified atom stereocenters. The smallest absolute Gasteiger partial charge is 0.195 e. The summed E-state index contributed by atoms with van der Waals surface area (Å²) in [5, 5.41) is 0. The molecule has 0 aromatic heterocycles. The molecule has 3 heterocycles. The van der Waals surface area contributed by atoms with Crippen LogP contribution in [0.5, 0.6) is 0 Å². The van der Waals surface area contributed by atoms with Crippen molar-refractivity contribution in [2.45, 2.75) is 62.9 Å². The minimum Gasteiger partial charge on any atom is -0.344 e. The van der Waals surface area contributed by atoms with Gasteiger partial charge in [-0.2, -0.15) is 0 Å². The Labute approximate surface area is 85.0 Å². The van der Waals surface area contributed by atoms with Gasteiger partial charge in [0.25, 0.3) is 0 Å². The molecule has 5 atom stereocenters. The Morgan fingerprint density at radius 1 is 0.929 bits per heavy atom. The monoisotopic (exact) mass is 194 g/mol. The van der Waals surface area contributed by atoms with Crippen LogP contribution >= 0.6 is 0 Å². The van der Waals surface area contributed by atoms with Gasteiger partial charge in [-0.25, -0.2) is 0 Å². The van der Waals surface area contributed by atoms with Crippen LogP contribution < -0.4 is 0 Å². The zero-order valence-corrected chi connectivity index (χ0v) is 8.58. The van der Waals surface area contributed by atoms with Crippen LogP contribution in [-0.4, -0.2) is 18.0 Å². The number of rotatable bonds is 0. The third-order valence-electron chi connectivity index (χ3n) is 4.85. The van der Waals surface area contributed by atoms with E-state index >= 15 is 0 Å². The van der Waals surface area contributed by atoms with E-state index in [1.165, 1.54) is 44.9 Å². The number of ether oxygens (including phenoxy) is 2. The first kappa shape index (κ1) is 8.12. The van der Waals surface area contributed by atoms with Crippen LogP contribution in [-0.2, 0) is 9.47 Å². The van der Waals surface area contributed by atoms with Gasteiger partial charge in [-0.05, 0) is 43.9 Å². The van der Waals surface area contributed by atoms with Crippen LogP contribution in [0.3, 0.4) is 0 Å². The Balaban J connectivity index is 1.68. The van der Waals surface area contributed by atoms with Crippen molar-refractivity contribution in [2.24, 2.45) is 11.8 Å². The van der Waals surface area contributed by atoms with Crippen molar-refractivity contribution in [3.63, 3.8) is 0 Å². The van der Waals surface area contributed by atoms with Crippen LogP contribution in [0.2, 0.25) is 0 Å². The maximum atomic E-state index is 6.19. The Kier molecular flexibility index (Phi) is 1.47. The molecule has 3 saturated heterocycles. The summed E-state index contributed by atoms with van der Waals surface area (Å²) in [4.78, 5) is 0. The van der Waals surface area contributed by atoms with Crippen molar-refractivity contribution < 1.29 is 9.47 Å². The third kappa shape index (κ3) is 0.989. The summed E-state index contributed by atoms with van der Waals surface area (Å²) in [5.74, 6) is 1.84. The van der Waals surface area contributed by atoms with E-state index in [0.717, 1.165) is 11.8 Å². The molecule has 4 bridgehead atoms. The van der Waals surface area contributed by atoms with Crippen LogP contribution in [0.1, 0.15) is 44.9 Å². The Bertz CT molecular complexity index is 265. The molecule has 0 N–H and O–H groups in total. The average Bonchev–Trinajstić information content (AvgIpc) is 2.89. The van der Waals surface area contributed by atoms with Crippen molar-refractivity contribution in [2.75, 3.05) is 0 Å². The van der Waals surface area contributed by atoms with E-state index in [1.807, 2.05) is 0 Å². The molecule has 2 nitrogen and oxygen atoms in total. The summed E-state index contributed by atoms with van der Waals surface area (Å²) in [7, 11) is 0. The van der Waals surface area contributed by atoms with Gasteiger partial charge in [0.2, 0.25) is 0 Å². The average molecular weight is 194 g/mol. The highest BCUT2D eigenvalue weighted by molar-refractivity contribution is 5.04. The van der Waals surface area contributed by atoms with Crippen LogP contribution in [0, 0.1) is 11.8 Å². The zero-order chi connectivity index (χ0) is 9.17. The fraction of sp³-hybridized carbons (Fsp3) is 1.00. The third-order valence-corrected chi connectivity index (χ3v) is 4.85. The minimum atomic E-state index is -0.0799. The molecule has 0 aromatic rings. The Morgan fingerprint density at radius 3 is 2.79 bits per heavy atom. The first-order valence-electron chi connectivity index (χ1n) is 6.21. The number of hydrogen-bond donors (Lipinski definition) is 0. The highest BCUT2D eigenvalue weighted by Gasteiger charge is 2.63. The number of fused-ring (bicyclic) bond motifs is 1. The largest absolute Gasteiger partial charge is 0.344 e. The van der Waals surface area contributed by atoms with E-state index in [-0.39, 0.29) is 5.79 Å². The minimum absolute atomic E-state index is 0.0799. The predicted octanol–water partition coefficient (Wildman–Crippen LogP) is 2.47. The SMILES string of the molecule is C1CC2CC(C1)C1CCC3(O2)OC3C1. The fourth-order valence-corrected chi connectivity index (χ4v) is 4.02. The fourth-order valence-electron chi connectivity index (χ4n) is 4.02. The molecule has 5 aliphatic rings. The quantitative estimate of drug-likeness (QED) is 0.552. The molecule has 0 radical (unpaired) electrons. The maximum Gasteiger partial charge on any atom is 0.195 e. The van der Waals surface area contributed by atoms with Crippen LogP contribution in [0.25, 0.3) is 0 Å². The van der Waals surface area contributed by atoms with E-state index in [4.69, 9.17) is 9.47 Å². The molecule has 0 aromatic carbocycles. The molecular formula is C12H18O2. The van der Waals surface area contributed by atoms with Crippen LogP contribution in [0.15, 0.2) is 0 Å². The second-order valence-electron chi connectivity index (χ2n) is 5.62. The maximum absolute atomic E-state index is 6.19. The highest BCUT2D eigenvalue weighted by Crippen LogP contribution is 2.57. The van der Waals surface area contributed by atoms with Gasteiger partial charge in [0.1, 0.15) is 6.10 Å². The molecule has 5 rings (SSSR count). The van der Waals surface area contributed by atoms with Gasteiger partial charge in [-0.3, -0.25) is 0 Å². The molecule has 5 fully saturated rings. The highest BCUT2D eigenvalue weighted by atomic mass is 16.8. The van der Waals surface area contributed by atoms with Crippen molar-refractivity contribution in [1.82, 2.24) is 0 Å². The number of hydrogen-bond acceptors (Lipinski definition) is 2. The zero-order valence-electron chi connectivity index (χ0n) is 8.58. The summed E-state index contributed by atoms with van der Waals surface area (Å²) >= 11 is 0. The van der Waals surface area contributed by atoms with Gasteiger partial charge in [0.15, 0.2) is 5.79 Å². The summed E-state index contributed by atoms with van der Waals surface area (Å²) in [6.07, 6.45) is 10.3. The van der Waals surface area contributed by atoms with Crippen LogP contribution in [0.4, 0.5) is 0 Å². The first-order chi connectivity index (χ1) is 6.86. The molecule has 78 valence electrons. The van der Waals surface area contributed by atoms with Crippen molar-refractivity contribution in [3.05, 3.63) is 0 Å². The van der Waals surface area contributed by atoms with Crippen molar-refractivity contribution in [3.8, 4) is 0 Å². The summed E-state index contributed by atoms with van der Waals surface area (Å²) in [6.45, 7) is 0. The van der Waals surface area contributed by atoms with E-state index in [2.05, 4.69) is 0 Å². The van der Waals surface area contributed by atoms with E-state index in [0.29, 0.717) is 12.2 Å². The van der Waals surface area contributed by atoms with Crippen molar-refractivity contribution in [1.29, 1.82) is 0 Å². The lowest BCUT2D eigenvalue weighted by Crippen LogP contribution is -2.41. The molecule has 0 amide bonds. The molecule has 2 heteroatoms. The molecule has 3 aliphatic heterocycles. The van der Waals surface area contributed by atoms with E-state index in [1.54, 1.807) is 0 Å². The lowest BCUT2D eigenvalue weighted by atomic mass is 9.70. The predicted molar refractivity (Wildman–Crippen MR) is 51.8 cm³/mol. The standard InChI is InChI=1S/C12H18O2/c1-2-8-6-10(3-1)13-12-5-4-9(8)7-11(12)14-12/h8-11H,1-7H2. The number of epoxide rings is 1. The first-order valence-corrected chi connectivity index (χ1v) is 6.21. The Morgan fingerprint density at radius 2 is 1.86 bits per heavy atom. The van der Waals surface area contributed by atoms with Gasteiger partial charge in [-0.15, -0.1) is 0 Å². The molecule has 14 heavy (non-hydrogen) atoms. The summed E-state index contributed by atoms with van der Waals surface area (Å²) in [5.41, 5.74) is 0. The Hall–Kier alpha value is -0.0800. The topological polar surface area (TPSA) is 21.8 Å². The van der Waals surface area contributed by atoms with Gasteiger partial charge >= 0.3 is 0 Å². The van der Waals surface area contributed by atoms with E-state index in [9.17, 15) is 0 Å².